The van der Waals surface area contributed by atoms with Crippen molar-refractivity contribution < 1.29 is 0 Å². The zero-order valence-electron chi connectivity index (χ0n) is 8.26. The van der Waals surface area contributed by atoms with Gasteiger partial charge in [0.2, 0.25) is 0 Å². The first-order chi connectivity index (χ1) is 6.84. The van der Waals surface area contributed by atoms with Crippen LogP contribution in [0.2, 0.25) is 0 Å². The molecule has 2 saturated carbocycles. The second-order valence-corrected chi connectivity index (χ2v) is 4.78. The molecule has 2 N–H and O–H groups in total. The van der Waals surface area contributed by atoms with Gasteiger partial charge in [0.25, 0.3) is 0 Å². The zero-order chi connectivity index (χ0) is 9.54. The summed E-state index contributed by atoms with van der Waals surface area (Å²) in [5.41, 5.74) is 7.52. The van der Waals surface area contributed by atoms with E-state index >= 15 is 0 Å². The highest BCUT2D eigenvalue weighted by Crippen LogP contribution is 2.52. The van der Waals surface area contributed by atoms with E-state index in [1.807, 2.05) is 12.4 Å². The van der Waals surface area contributed by atoms with E-state index in [1.165, 1.54) is 24.8 Å². The topological polar surface area (TPSA) is 38.9 Å². The fourth-order valence-corrected chi connectivity index (χ4v) is 3.34. The van der Waals surface area contributed by atoms with Crippen LogP contribution in [-0.4, -0.2) is 11.0 Å². The van der Waals surface area contributed by atoms with Crippen LogP contribution < -0.4 is 5.73 Å². The van der Waals surface area contributed by atoms with Gasteiger partial charge in [-0.05, 0) is 54.7 Å². The largest absolute Gasteiger partial charge is 0.327 e. The first-order valence-electron chi connectivity index (χ1n) is 5.50. The number of rotatable bonds is 1. The van der Waals surface area contributed by atoms with Crippen molar-refractivity contribution in [1.82, 2.24) is 4.98 Å². The SMILES string of the molecule is N[C@H]1C[C@@H]2C[C@@H]1CC2c1ccncc1. The molecule has 1 heterocycles. The van der Waals surface area contributed by atoms with Gasteiger partial charge in [-0.25, -0.2) is 0 Å². The highest BCUT2D eigenvalue weighted by atomic mass is 14.7. The van der Waals surface area contributed by atoms with Crippen LogP contribution in [0.1, 0.15) is 30.7 Å². The molecule has 1 aromatic rings. The molecule has 2 fully saturated rings. The van der Waals surface area contributed by atoms with Gasteiger partial charge in [-0.1, -0.05) is 0 Å². The van der Waals surface area contributed by atoms with Crippen LogP contribution in [0, 0.1) is 11.8 Å². The molecule has 0 radical (unpaired) electrons. The molecular formula is C12H16N2. The third kappa shape index (κ3) is 1.17. The van der Waals surface area contributed by atoms with Crippen molar-refractivity contribution in [2.24, 2.45) is 17.6 Å². The van der Waals surface area contributed by atoms with Gasteiger partial charge < -0.3 is 5.73 Å². The van der Waals surface area contributed by atoms with E-state index in [0.717, 1.165) is 17.8 Å². The van der Waals surface area contributed by atoms with Crippen LogP contribution in [0.25, 0.3) is 0 Å². The standard InChI is InChI=1S/C12H16N2/c13-12-7-9-5-10(12)6-11(9)8-1-3-14-4-2-8/h1-4,9-12H,5-7,13H2/t9-,10+,11?,12-/m0/s1. The molecule has 0 aromatic carbocycles. The second kappa shape index (κ2) is 3.06. The molecule has 14 heavy (non-hydrogen) atoms. The molecule has 3 rings (SSSR count). The summed E-state index contributed by atoms with van der Waals surface area (Å²) < 4.78 is 0. The number of fused-ring (bicyclic) bond motifs is 2. The van der Waals surface area contributed by atoms with E-state index < -0.39 is 0 Å². The lowest BCUT2D eigenvalue weighted by atomic mass is 9.82. The van der Waals surface area contributed by atoms with Gasteiger partial charge in [0.05, 0.1) is 0 Å². The summed E-state index contributed by atoms with van der Waals surface area (Å²) in [5.74, 6) is 2.40. The van der Waals surface area contributed by atoms with Crippen molar-refractivity contribution in [1.29, 1.82) is 0 Å². The minimum atomic E-state index is 0.484. The fraction of sp³-hybridized carbons (Fsp3) is 0.583. The smallest absolute Gasteiger partial charge is 0.0270 e. The molecule has 2 bridgehead atoms. The number of aromatic nitrogens is 1. The van der Waals surface area contributed by atoms with Gasteiger partial charge >= 0.3 is 0 Å². The molecule has 0 saturated heterocycles. The summed E-state index contributed by atoms with van der Waals surface area (Å²) in [6.07, 6.45) is 7.70. The van der Waals surface area contributed by atoms with Gasteiger partial charge in [-0.3, -0.25) is 4.98 Å². The van der Waals surface area contributed by atoms with Crippen LogP contribution in [0.4, 0.5) is 0 Å². The van der Waals surface area contributed by atoms with Crippen molar-refractivity contribution in [2.75, 3.05) is 0 Å². The van der Waals surface area contributed by atoms with E-state index in [1.54, 1.807) is 0 Å². The lowest BCUT2D eigenvalue weighted by Gasteiger charge is -2.25. The summed E-state index contributed by atoms with van der Waals surface area (Å²) in [5, 5.41) is 0. The predicted molar refractivity (Wildman–Crippen MR) is 55.8 cm³/mol. The molecule has 2 aliphatic rings. The number of nitrogens with two attached hydrogens (primary N) is 1. The Labute approximate surface area is 84.5 Å². The Morgan fingerprint density at radius 2 is 1.86 bits per heavy atom. The van der Waals surface area contributed by atoms with Crippen LogP contribution >= 0.6 is 0 Å². The maximum absolute atomic E-state index is 6.05. The number of hydrogen-bond acceptors (Lipinski definition) is 2. The van der Waals surface area contributed by atoms with Crippen molar-refractivity contribution in [3.8, 4) is 0 Å². The Bertz CT molecular complexity index is 320. The first-order valence-corrected chi connectivity index (χ1v) is 5.50. The normalized spacial score (nSPS) is 40.4. The summed E-state index contributed by atoms with van der Waals surface area (Å²) >= 11 is 0. The molecule has 74 valence electrons. The van der Waals surface area contributed by atoms with Crippen LogP contribution in [0.5, 0.6) is 0 Å². The van der Waals surface area contributed by atoms with Gasteiger partial charge in [0.1, 0.15) is 0 Å². The quantitative estimate of drug-likeness (QED) is 0.731. The van der Waals surface area contributed by atoms with Crippen molar-refractivity contribution in [2.45, 2.75) is 31.2 Å². The van der Waals surface area contributed by atoms with E-state index in [4.69, 9.17) is 5.73 Å². The fourth-order valence-electron chi connectivity index (χ4n) is 3.34. The molecule has 1 aromatic heterocycles. The number of pyridine rings is 1. The summed E-state index contributed by atoms with van der Waals surface area (Å²) in [4.78, 5) is 4.07. The Morgan fingerprint density at radius 1 is 1.07 bits per heavy atom. The van der Waals surface area contributed by atoms with Crippen molar-refractivity contribution >= 4 is 0 Å². The molecule has 0 aliphatic heterocycles. The number of nitrogens with zero attached hydrogens (tertiary/aromatic N) is 1. The summed E-state index contributed by atoms with van der Waals surface area (Å²) in [7, 11) is 0. The molecule has 2 heteroatoms. The molecular weight excluding hydrogens is 172 g/mol. The van der Waals surface area contributed by atoms with Gasteiger partial charge in [-0.2, -0.15) is 0 Å². The molecule has 4 atom stereocenters. The molecule has 1 unspecified atom stereocenters. The molecule has 2 nitrogen and oxygen atoms in total. The maximum Gasteiger partial charge on any atom is 0.0270 e. The predicted octanol–water partition coefficient (Wildman–Crippen LogP) is 1.92. The lowest BCUT2D eigenvalue weighted by Crippen LogP contribution is -2.28. The summed E-state index contributed by atoms with van der Waals surface area (Å²) in [6.45, 7) is 0. The van der Waals surface area contributed by atoms with Crippen LogP contribution in [-0.2, 0) is 0 Å². The Balaban J connectivity index is 1.84. The highest BCUT2D eigenvalue weighted by molar-refractivity contribution is 5.21. The van der Waals surface area contributed by atoms with Gasteiger partial charge in [0, 0.05) is 18.4 Å². The average Bonchev–Trinajstić information content (AvgIpc) is 2.77. The zero-order valence-corrected chi connectivity index (χ0v) is 8.26. The molecule has 0 spiro atoms. The van der Waals surface area contributed by atoms with E-state index in [-0.39, 0.29) is 0 Å². The Hall–Kier alpha value is -0.890. The van der Waals surface area contributed by atoms with Gasteiger partial charge in [-0.15, -0.1) is 0 Å². The van der Waals surface area contributed by atoms with Crippen molar-refractivity contribution in [3.63, 3.8) is 0 Å². The first kappa shape index (κ1) is 8.42. The lowest BCUT2D eigenvalue weighted by molar-refractivity contribution is 0.375. The maximum atomic E-state index is 6.05. The minimum absolute atomic E-state index is 0.484. The highest BCUT2D eigenvalue weighted by Gasteiger charge is 2.44. The Kier molecular flexibility index (Phi) is 1.84. The molecule has 0 amide bonds. The van der Waals surface area contributed by atoms with Crippen LogP contribution in [0.3, 0.4) is 0 Å². The van der Waals surface area contributed by atoms with E-state index in [0.29, 0.717) is 6.04 Å². The molecule has 2 aliphatic carbocycles. The van der Waals surface area contributed by atoms with E-state index in [9.17, 15) is 0 Å². The number of hydrogen-bond donors (Lipinski definition) is 1. The van der Waals surface area contributed by atoms with Crippen molar-refractivity contribution in [3.05, 3.63) is 30.1 Å². The van der Waals surface area contributed by atoms with Crippen LogP contribution in [0.15, 0.2) is 24.5 Å². The monoisotopic (exact) mass is 188 g/mol. The average molecular weight is 188 g/mol. The Morgan fingerprint density at radius 3 is 2.43 bits per heavy atom. The summed E-state index contributed by atoms with van der Waals surface area (Å²) in [6, 6.07) is 4.81. The van der Waals surface area contributed by atoms with Gasteiger partial charge in [0.15, 0.2) is 0 Å². The second-order valence-electron chi connectivity index (χ2n) is 4.78. The van der Waals surface area contributed by atoms with E-state index in [2.05, 4.69) is 17.1 Å². The minimum Gasteiger partial charge on any atom is -0.327 e. The third-order valence-electron chi connectivity index (χ3n) is 4.05. The third-order valence-corrected chi connectivity index (χ3v) is 4.05.